The molecular formula is C17H15Br. The van der Waals surface area contributed by atoms with Crippen LogP contribution in [0.1, 0.15) is 29.2 Å². The minimum atomic E-state index is -0.00947. The van der Waals surface area contributed by atoms with E-state index >= 15 is 0 Å². The van der Waals surface area contributed by atoms with Crippen molar-refractivity contribution in [3.05, 3.63) is 75.3 Å². The largest absolute Gasteiger partial charge is 0.0692 e. The van der Waals surface area contributed by atoms with Gasteiger partial charge in [0.2, 0.25) is 0 Å². The van der Waals surface area contributed by atoms with Crippen molar-refractivity contribution in [2.24, 2.45) is 0 Å². The number of benzene rings is 2. The summed E-state index contributed by atoms with van der Waals surface area (Å²) < 4.78 is 1.17. The van der Waals surface area contributed by atoms with Gasteiger partial charge in [0.05, 0.1) is 0 Å². The van der Waals surface area contributed by atoms with Crippen molar-refractivity contribution in [2.75, 3.05) is 0 Å². The molecule has 1 aliphatic rings. The zero-order chi connectivity index (χ0) is 12.8. The van der Waals surface area contributed by atoms with Crippen LogP contribution >= 0.6 is 15.9 Å². The summed E-state index contributed by atoms with van der Waals surface area (Å²) >= 11 is 3.64. The van der Waals surface area contributed by atoms with Gasteiger partial charge in [0.25, 0.3) is 0 Å². The monoisotopic (exact) mass is 298 g/mol. The van der Waals surface area contributed by atoms with Gasteiger partial charge in [0.1, 0.15) is 0 Å². The first-order chi connectivity index (χ1) is 8.63. The van der Waals surface area contributed by atoms with E-state index in [2.05, 4.69) is 84.4 Å². The summed E-state index contributed by atoms with van der Waals surface area (Å²) in [6.45, 7) is 4.48. The Labute approximate surface area is 116 Å². The molecule has 3 rings (SSSR count). The Bertz CT molecular complexity index is 640. The topological polar surface area (TPSA) is 0 Å². The molecule has 1 unspecified atom stereocenters. The Morgan fingerprint density at radius 2 is 1.67 bits per heavy atom. The molecule has 0 amide bonds. The van der Waals surface area contributed by atoms with Crippen molar-refractivity contribution in [1.29, 1.82) is 0 Å². The highest BCUT2D eigenvalue weighted by atomic mass is 79.9. The van der Waals surface area contributed by atoms with E-state index < -0.39 is 0 Å². The van der Waals surface area contributed by atoms with Gasteiger partial charge < -0.3 is 0 Å². The molecule has 0 radical (unpaired) electrons. The van der Waals surface area contributed by atoms with Crippen molar-refractivity contribution in [3.63, 3.8) is 0 Å². The van der Waals surface area contributed by atoms with Crippen LogP contribution < -0.4 is 0 Å². The molecule has 0 N–H and O–H groups in total. The summed E-state index contributed by atoms with van der Waals surface area (Å²) in [4.78, 5) is 0. The first-order valence-corrected chi connectivity index (χ1v) is 6.96. The lowest BCUT2D eigenvalue weighted by Gasteiger charge is -2.27. The number of halogens is 1. The van der Waals surface area contributed by atoms with Crippen LogP contribution in [0.2, 0.25) is 0 Å². The van der Waals surface area contributed by atoms with E-state index in [1.54, 1.807) is 0 Å². The van der Waals surface area contributed by atoms with E-state index in [0.717, 1.165) is 0 Å². The molecule has 0 saturated heterocycles. The van der Waals surface area contributed by atoms with Gasteiger partial charge in [-0.25, -0.2) is 0 Å². The van der Waals surface area contributed by atoms with Gasteiger partial charge >= 0.3 is 0 Å². The lowest BCUT2D eigenvalue weighted by molar-refractivity contribution is 0.731. The molecule has 0 nitrogen and oxygen atoms in total. The third kappa shape index (κ3) is 1.58. The summed E-state index contributed by atoms with van der Waals surface area (Å²) in [5, 5.41) is 0. The minimum Gasteiger partial charge on any atom is -0.0692 e. The van der Waals surface area contributed by atoms with Crippen molar-refractivity contribution < 1.29 is 0 Å². The molecule has 0 spiro atoms. The van der Waals surface area contributed by atoms with Crippen LogP contribution in [0.4, 0.5) is 0 Å². The van der Waals surface area contributed by atoms with Crippen LogP contribution in [0.3, 0.4) is 0 Å². The fourth-order valence-electron chi connectivity index (χ4n) is 2.89. The van der Waals surface area contributed by atoms with Crippen LogP contribution in [0.5, 0.6) is 0 Å². The quantitative estimate of drug-likeness (QED) is 0.688. The smallest absolute Gasteiger partial charge is 0.0365 e. The van der Waals surface area contributed by atoms with Gasteiger partial charge in [-0.05, 0) is 42.2 Å². The highest BCUT2D eigenvalue weighted by Gasteiger charge is 2.33. The average molecular weight is 299 g/mol. The van der Waals surface area contributed by atoms with Gasteiger partial charge in [-0.3, -0.25) is 0 Å². The maximum atomic E-state index is 3.64. The van der Waals surface area contributed by atoms with Gasteiger partial charge in [0.15, 0.2) is 0 Å². The van der Waals surface area contributed by atoms with Crippen molar-refractivity contribution in [2.45, 2.75) is 19.3 Å². The molecule has 90 valence electrons. The SMILES string of the molecule is Cc1ccccc1C1(C)C=Cc2c(Br)cccc21. The number of allylic oxidation sites excluding steroid dienone is 1. The van der Waals surface area contributed by atoms with Crippen LogP contribution in [0, 0.1) is 6.92 Å². The highest BCUT2D eigenvalue weighted by molar-refractivity contribution is 9.10. The van der Waals surface area contributed by atoms with Crippen molar-refractivity contribution in [1.82, 2.24) is 0 Å². The van der Waals surface area contributed by atoms with E-state index in [1.807, 2.05) is 0 Å². The predicted octanol–water partition coefficient (Wildman–Crippen LogP) is 5.09. The molecule has 18 heavy (non-hydrogen) atoms. The predicted molar refractivity (Wildman–Crippen MR) is 80.8 cm³/mol. The van der Waals surface area contributed by atoms with Crippen LogP contribution in [-0.2, 0) is 5.41 Å². The number of hydrogen-bond donors (Lipinski definition) is 0. The van der Waals surface area contributed by atoms with E-state index in [0.29, 0.717) is 0 Å². The van der Waals surface area contributed by atoms with Crippen LogP contribution in [0.15, 0.2) is 53.0 Å². The maximum Gasteiger partial charge on any atom is 0.0365 e. The lowest BCUT2D eigenvalue weighted by atomic mass is 9.76. The normalized spacial score (nSPS) is 21.1. The molecule has 1 heteroatoms. The first kappa shape index (κ1) is 11.7. The fourth-order valence-corrected chi connectivity index (χ4v) is 3.39. The van der Waals surface area contributed by atoms with Crippen LogP contribution in [0.25, 0.3) is 6.08 Å². The molecule has 1 atom stereocenters. The number of fused-ring (bicyclic) bond motifs is 1. The Hall–Kier alpha value is -1.34. The number of hydrogen-bond acceptors (Lipinski definition) is 0. The molecule has 0 saturated carbocycles. The van der Waals surface area contributed by atoms with E-state index in [1.165, 1.54) is 26.7 Å². The third-order valence-corrected chi connectivity index (χ3v) is 4.59. The number of rotatable bonds is 1. The standard InChI is InChI=1S/C17H15Br/c1-12-6-3-4-7-14(12)17(2)11-10-13-15(17)8-5-9-16(13)18/h3-11H,1-2H3. The molecule has 0 heterocycles. The minimum absolute atomic E-state index is 0.00947. The Kier molecular flexibility index (Phi) is 2.67. The second-order valence-corrected chi connectivity index (χ2v) is 5.91. The molecular weight excluding hydrogens is 284 g/mol. The summed E-state index contributed by atoms with van der Waals surface area (Å²) in [6, 6.07) is 15.1. The first-order valence-electron chi connectivity index (χ1n) is 6.17. The number of aryl methyl sites for hydroxylation is 1. The molecule has 1 aliphatic carbocycles. The van der Waals surface area contributed by atoms with Crippen molar-refractivity contribution >= 4 is 22.0 Å². The van der Waals surface area contributed by atoms with Gasteiger partial charge in [-0.2, -0.15) is 0 Å². The molecule has 2 aromatic rings. The molecule has 0 bridgehead atoms. The fraction of sp³-hybridized carbons (Fsp3) is 0.176. The van der Waals surface area contributed by atoms with Gasteiger partial charge in [-0.15, -0.1) is 0 Å². The van der Waals surface area contributed by atoms with Gasteiger partial charge in [0, 0.05) is 9.89 Å². The molecule has 0 aliphatic heterocycles. The second-order valence-electron chi connectivity index (χ2n) is 5.05. The summed E-state index contributed by atoms with van der Waals surface area (Å²) in [5.74, 6) is 0. The van der Waals surface area contributed by atoms with Crippen LogP contribution in [-0.4, -0.2) is 0 Å². The highest BCUT2D eigenvalue weighted by Crippen LogP contribution is 2.44. The Morgan fingerprint density at radius 3 is 2.44 bits per heavy atom. The molecule has 0 aromatic heterocycles. The lowest BCUT2D eigenvalue weighted by Crippen LogP contribution is -2.20. The Balaban J connectivity index is 2.25. The Morgan fingerprint density at radius 1 is 0.944 bits per heavy atom. The zero-order valence-corrected chi connectivity index (χ0v) is 12.2. The van der Waals surface area contributed by atoms with E-state index in [9.17, 15) is 0 Å². The maximum absolute atomic E-state index is 3.64. The zero-order valence-electron chi connectivity index (χ0n) is 10.6. The van der Waals surface area contributed by atoms with Gasteiger partial charge in [-0.1, -0.05) is 64.5 Å². The van der Waals surface area contributed by atoms with Crippen molar-refractivity contribution in [3.8, 4) is 0 Å². The van der Waals surface area contributed by atoms with E-state index in [-0.39, 0.29) is 5.41 Å². The summed E-state index contributed by atoms with van der Waals surface area (Å²) in [6.07, 6.45) is 4.54. The molecule has 2 aromatic carbocycles. The van der Waals surface area contributed by atoms with E-state index in [4.69, 9.17) is 0 Å². The summed E-state index contributed by atoms with van der Waals surface area (Å²) in [7, 11) is 0. The summed E-state index contributed by atoms with van der Waals surface area (Å²) in [5.41, 5.74) is 5.41. The second kappa shape index (κ2) is 4.10. The average Bonchev–Trinajstić information content (AvgIpc) is 2.70. The molecule has 0 fully saturated rings. The third-order valence-electron chi connectivity index (χ3n) is 3.90.